The van der Waals surface area contributed by atoms with Gasteiger partial charge in [-0.15, -0.1) is 0 Å². The van der Waals surface area contributed by atoms with Crippen LogP contribution in [0.3, 0.4) is 0 Å². The quantitative estimate of drug-likeness (QED) is 0.818. The molecule has 0 aliphatic carbocycles. The summed E-state index contributed by atoms with van der Waals surface area (Å²) in [4.78, 5) is 2.02. The molecule has 2 aromatic carbocycles. The van der Waals surface area contributed by atoms with Crippen LogP contribution in [-0.4, -0.2) is 29.1 Å². The van der Waals surface area contributed by atoms with Gasteiger partial charge >= 0.3 is 7.12 Å². The Labute approximate surface area is 124 Å². The summed E-state index contributed by atoms with van der Waals surface area (Å²) in [6.45, 7) is 3.23. The zero-order valence-corrected chi connectivity index (χ0v) is 12.3. The molecule has 0 atom stereocenters. The van der Waals surface area contributed by atoms with E-state index in [1.54, 1.807) is 6.07 Å². The van der Waals surface area contributed by atoms with Gasteiger partial charge < -0.3 is 10.0 Å². The highest BCUT2D eigenvalue weighted by atomic mass is 19.1. The van der Waals surface area contributed by atoms with E-state index in [2.05, 4.69) is 6.07 Å². The minimum Gasteiger partial charge on any atom is -0.423 e. The Balaban J connectivity index is 2.04. The van der Waals surface area contributed by atoms with Gasteiger partial charge in [0.05, 0.1) is 0 Å². The number of hydrogen-bond acceptors (Lipinski definition) is 3. The molecule has 110 valence electrons. The summed E-state index contributed by atoms with van der Waals surface area (Å²) in [7, 11) is 0.287. The molecule has 0 fully saturated rings. The van der Waals surface area contributed by atoms with Crippen LogP contribution in [0.1, 0.15) is 16.7 Å². The van der Waals surface area contributed by atoms with Crippen molar-refractivity contribution in [1.82, 2.24) is 4.90 Å². The highest BCUT2D eigenvalue weighted by Gasteiger charge is 2.14. The first kappa shape index (κ1) is 15.7. The third kappa shape index (κ3) is 4.39. The summed E-state index contributed by atoms with van der Waals surface area (Å²) in [5.41, 5.74) is 3.08. The highest BCUT2D eigenvalue weighted by molar-refractivity contribution is 6.58. The minimum atomic E-state index is -1.64. The Morgan fingerprint density at radius 3 is 2.48 bits per heavy atom. The normalized spacial score (nSPS) is 11.0. The molecule has 0 amide bonds. The first-order chi connectivity index (χ1) is 9.95. The van der Waals surface area contributed by atoms with Crippen molar-refractivity contribution in [3.63, 3.8) is 0 Å². The van der Waals surface area contributed by atoms with Gasteiger partial charge in [0, 0.05) is 18.7 Å². The van der Waals surface area contributed by atoms with Crippen molar-refractivity contribution >= 4 is 12.6 Å². The minimum absolute atomic E-state index is 0.164. The predicted molar refractivity (Wildman–Crippen MR) is 82.6 cm³/mol. The standard InChI is InChI=1S/C16H19BFNO2/c1-12-4-3-5-13(8-12)10-19(2)11-14-6-7-15(17(20)21)9-16(14)18/h3-9,20-21H,10-11H2,1-2H3. The molecule has 21 heavy (non-hydrogen) atoms. The lowest BCUT2D eigenvalue weighted by molar-refractivity contribution is 0.313. The number of hydrogen-bond donors (Lipinski definition) is 2. The molecule has 0 bridgehead atoms. The molecular weight excluding hydrogens is 268 g/mol. The van der Waals surface area contributed by atoms with E-state index in [-0.39, 0.29) is 5.46 Å². The number of halogens is 1. The van der Waals surface area contributed by atoms with Crippen LogP contribution in [0.25, 0.3) is 0 Å². The molecule has 0 aliphatic rings. The van der Waals surface area contributed by atoms with Crippen LogP contribution in [0.15, 0.2) is 42.5 Å². The first-order valence-electron chi connectivity index (χ1n) is 6.84. The van der Waals surface area contributed by atoms with Crippen LogP contribution in [0.5, 0.6) is 0 Å². The van der Waals surface area contributed by atoms with Crippen LogP contribution >= 0.6 is 0 Å². The molecule has 0 unspecified atom stereocenters. The van der Waals surface area contributed by atoms with Crippen molar-refractivity contribution in [2.45, 2.75) is 20.0 Å². The van der Waals surface area contributed by atoms with E-state index < -0.39 is 12.9 Å². The number of rotatable bonds is 5. The van der Waals surface area contributed by atoms with Gasteiger partial charge in [0.25, 0.3) is 0 Å². The van der Waals surface area contributed by atoms with Crippen molar-refractivity contribution in [3.05, 3.63) is 65.0 Å². The van der Waals surface area contributed by atoms with Gasteiger partial charge in [-0.3, -0.25) is 4.90 Å². The lowest BCUT2D eigenvalue weighted by Crippen LogP contribution is -2.30. The third-order valence-electron chi connectivity index (χ3n) is 3.35. The molecule has 2 N–H and O–H groups in total. The summed E-state index contributed by atoms with van der Waals surface area (Å²) >= 11 is 0. The fraction of sp³-hybridized carbons (Fsp3) is 0.250. The van der Waals surface area contributed by atoms with E-state index in [0.717, 1.165) is 6.54 Å². The molecule has 2 rings (SSSR count). The summed E-state index contributed by atoms with van der Waals surface area (Å²) in [5.74, 6) is -0.420. The van der Waals surface area contributed by atoms with E-state index >= 15 is 0 Å². The average molecular weight is 287 g/mol. The van der Waals surface area contributed by atoms with Gasteiger partial charge in [-0.25, -0.2) is 4.39 Å². The Hall–Kier alpha value is -1.69. The Morgan fingerprint density at radius 1 is 1.10 bits per heavy atom. The van der Waals surface area contributed by atoms with E-state index in [4.69, 9.17) is 10.0 Å². The molecule has 0 spiro atoms. The van der Waals surface area contributed by atoms with Gasteiger partial charge in [-0.05, 0) is 31.1 Å². The monoisotopic (exact) mass is 287 g/mol. The fourth-order valence-corrected chi connectivity index (χ4v) is 2.32. The fourth-order valence-electron chi connectivity index (χ4n) is 2.32. The van der Waals surface area contributed by atoms with Crippen LogP contribution in [0.4, 0.5) is 4.39 Å². The second-order valence-corrected chi connectivity index (χ2v) is 5.39. The van der Waals surface area contributed by atoms with Crippen LogP contribution < -0.4 is 5.46 Å². The van der Waals surface area contributed by atoms with Crippen LogP contribution in [0.2, 0.25) is 0 Å². The third-order valence-corrected chi connectivity index (χ3v) is 3.35. The van der Waals surface area contributed by atoms with Crippen LogP contribution in [-0.2, 0) is 13.1 Å². The summed E-state index contributed by atoms with van der Waals surface area (Å²) in [6.07, 6.45) is 0. The van der Waals surface area contributed by atoms with Gasteiger partial charge in [0.1, 0.15) is 5.82 Å². The molecule has 5 heteroatoms. The number of aryl methyl sites for hydroxylation is 1. The van der Waals surface area contributed by atoms with E-state index in [1.165, 1.54) is 23.3 Å². The second kappa shape index (κ2) is 6.85. The summed E-state index contributed by atoms with van der Waals surface area (Å²) < 4.78 is 13.9. The van der Waals surface area contributed by atoms with E-state index in [0.29, 0.717) is 12.1 Å². The van der Waals surface area contributed by atoms with Crippen LogP contribution in [0, 0.1) is 12.7 Å². The Morgan fingerprint density at radius 2 is 1.86 bits per heavy atom. The maximum Gasteiger partial charge on any atom is 0.488 e. The Bertz CT molecular complexity index is 619. The molecular formula is C16H19BFNO2. The van der Waals surface area contributed by atoms with E-state index in [1.807, 2.05) is 37.1 Å². The first-order valence-corrected chi connectivity index (χ1v) is 6.84. The maximum absolute atomic E-state index is 13.9. The topological polar surface area (TPSA) is 43.7 Å². The molecule has 0 heterocycles. The van der Waals surface area contributed by atoms with Gasteiger partial charge in [0.2, 0.25) is 0 Å². The molecule has 0 saturated heterocycles. The lowest BCUT2D eigenvalue weighted by Gasteiger charge is -2.18. The van der Waals surface area contributed by atoms with Crippen molar-refractivity contribution in [1.29, 1.82) is 0 Å². The Kier molecular flexibility index (Phi) is 5.12. The SMILES string of the molecule is Cc1cccc(CN(C)Cc2ccc(B(O)O)cc2F)c1. The van der Waals surface area contributed by atoms with Gasteiger partial charge in [-0.2, -0.15) is 0 Å². The smallest absolute Gasteiger partial charge is 0.423 e. The van der Waals surface area contributed by atoms with Crippen molar-refractivity contribution < 1.29 is 14.4 Å². The maximum atomic E-state index is 13.9. The van der Waals surface area contributed by atoms with Gasteiger partial charge in [0.15, 0.2) is 0 Å². The molecule has 0 aliphatic heterocycles. The highest BCUT2D eigenvalue weighted by Crippen LogP contribution is 2.12. The largest absolute Gasteiger partial charge is 0.488 e. The van der Waals surface area contributed by atoms with Gasteiger partial charge in [-0.1, -0.05) is 42.0 Å². The predicted octanol–water partition coefficient (Wildman–Crippen LogP) is 1.45. The second-order valence-electron chi connectivity index (χ2n) is 5.39. The van der Waals surface area contributed by atoms with E-state index in [9.17, 15) is 4.39 Å². The molecule has 3 nitrogen and oxygen atoms in total. The zero-order chi connectivity index (χ0) is 15.4. The molecule has 2 aromatic rings. The van der Waals surface area contributed by atoms with Crippen molar-refractivity contribution in [2.75, 3.05) is 7.05 Å². The molecule has 0 aromatic heterocycles. The van der Waals surface area contributed by atoms with Crippen molar-refractivity contribution in [3.8, 4) is 0 Å². The zero-order valence-electron chi connectivity index (χ0n) is 12.3. The summed E-state index contributed by atoms with van der Waals surface area (Å²) in [5, 5.41) is 18.0. The average Bonchev–Trinajstić information content (AvgIpc) is 2.40. The molecule has 0 saturated carbocycles. The number of benzene rings is 2. The lowest BCUT2D eigenvalue weighted by atomic mass is 9.80. The van der Waals surface area contributed by atoms with Crippen molar-refractivity contribution in [2.24, 2.45) is 0 Å². The number of nitrogens with zero attached hydrogens (tertiary/aromatic N) is 1. The summed E-state index contributed by atoms with van der Waals surface area (Å²) in [6, 6.07) is 12.5. The molecule has 0 radical (unpaired) electrons.